The predicted molar refractivity (Wildman–Crippen MR) is 65.2 cm³/mol. The third-order valence-electron chi connectivity index (χ3n) is 3.77. The molecular formula is C12H16N6O. The number of rotatable bonds is 4. The monoisotopic (exact) mass is 260 g/mol. The quantitative estimate of drug-likeness (QED) is 0.869. The van der Waals surface area contributed by atoms with Gasteiger partial charge in [-0.25, -0.2) is 9.67 Å². The third-order valence-corrected chi connectivity index (χ3v) is 3.77. The molecule has 1 aliphatic heterocycles. The molecule has 1 saturated carbocycles. The standard InChI is InChI=1S/C12H16N6O/c1-2-8(1)12-16-11(19-17-12)5-13-9-3-4-10-14-7-15-18(10)6-9/h7-9,13H,1-6H2/t9-/m0/s1. The minimum Gasteiger partial charge on any atom is -0.338 e. The van der Waals surface area contributed by atoms with Crippen molar-refractivity contribution < 1.29 is 4.52 Å². The van der Waals surface area contributed by atoms with E-state index in [2.05, 4.69) is 25.5 Å². The second kappa shape index (κ2) is 4.41. The van der Waals surface area contributed by atoms with Gasteiger partial charge in [-0.2, -0.15) is 10.1 Å². The molecule has 1 aliphatic carbocycles. The number of aryl methyl sites for hydroxylation is 1. The molecule has 2 aromatic rings. The van der Waals surface area contributed by atoms with Crippen molar-refractivity contribution in [1.29, 1.82) is 0 Å². The minimum atomic E-state index is 0.394. The zero-order chi connectivity index (χ0) is 12.7. The first kappa shape index (κ1) is 11.1. The van der Waals surface area contributed by atoms with Crippen molar-refractivity contribution in [1.82, 2.24) is 30.2 Å². The summed E-state index contributed by atoms with van der Waals surface area (Å²) in [6.07, 6.45) is 6.06. The van der Waals surface area contributed by atoms with Gasteiger partial charge >= 0.3 is 0 Å². The van der Waals surface area contributed by atoms with Gasteiger partial charge < -0.3 is 9.84 Å². The van der Waals surface area contributed by atoms with Gasteiger partial charge in [-0.05, 0) is 19.3 Å². The SMILES string of the molecule is c1nc2n(n1)C[C@@H](NCc1nc(C3CC3)no1)CC2. The Kier molecular flexibility index (Phi) is 2.58. The van der Waals surface area contributed by atoms with Crippen LogP contribution in [0.3, 0.4) is 0 Å². The van der Waals surface area contributed by atoms with Gasteiger partial charge in [0.05, 0.1) is 13.1 Å². The maximum absolute atomic E-state index is 5.25. The van der Waals surface area contributed by atoms with Crippen molar-refractivity contribution >= 4 is 0 Å². The van der Waals surface area contributed by atoms with Crippen LogP contribution in [0.5, 0.6) is 0 Å². The van der Waals surface area contributed by atoms with E-state index in [0.717, 1.165) is 31.0 Å². The van der Waals surface area contributed by atoms with Gasteiger partial charge in [-0.1, -0.05) is 5.16 Å². The molecule has 19 heavy (non-hydrogen) atoms. The van der Waals surface area contributed by atoms with Gasteiger partial charge in [0.25, 0.3) is 0 Å². The highest BCUT2D eigenvalue weighted by atomic mass is 16.5. The Morgan fingerprint density at radius 3 is 3.21 bits per heavy atom. The van der Waals surface area contributed by atoms with Gasteiger partial charge in [0, 0.05) is 18.4 Å². The number of hydrogen-bond donors (Lipinski definition) is 1. The molecule has 1 fully saturated rings. The second-order valence-electron chi connectivity index (χ2n) is 5.30. The molecule has 3 heterocycles. The number of nitrogens with one attached hydrogen (secondary N) is 1. The van der Waals surface area contributed by atoms with Gasteiger partial charge in [0.1, 0.15) is 12.2 Å². The summed E-state index contributed by atoms with van der Waals surface area (Å²) in [5, 5.41) is 11.7. The van der Waals surface area contributed by atoms with Crippen LogP contribution in [0, 0.1) is 0 Å². The van der Waals surface area contributed by atoms with Crippen LogP contribution < -0.4 is 5.32 Å². The first-order chi connectivity index (χ1) is 9.38. The second-order valence-corrected chi connectivity index (χ2v) is 5.30. The van der Waals surface area contributed by atoms with E-state index in [4.69, 9.17) is 4.52 Å². The molecule has 0 unspecified atom stereocenters. The lowest BCUT2D eigenvalue weighted by molar-refractivity contribution is 0.319. The predicted octanol–water partition coefficient (Wildman–Crippen LogP) is 0.643. The van der Waals surface area contributed by atoms with Crippen LogP contribution in [0.15, 0.2) is 10.9 Å². The Labute approximate surface area is 110 Å². The van der Waals surface area contributed by atoms with E-state index in [1.165, 1.54) is 12.8 Å². The maximum Gasteiger partial charge on any atom is 0.240 e. The number of fused-ring (bicyclic) bond motifs is 1. The average Bonchev–Trinajstić information content (AvgIpc) is 3.01. The summed E-state index contributed by atoms with van der Waals surface area (Å²) in [5.74, 6) is 3.18. The highest BCUT2D eigenvalue weighted by Gasteiger charge is 2.29. The molecule has 0 saturated heterocycles. The summed E-state index contributed by atoms with van der Waals surface area (Å²) >= 11 is 0. The van der Waals surface area contributed by atoms with Crippen LogP contribution in [0.2, 0.25) is 0 Å². The summed E-state index contributed by atoms with van der Waals surface area (Å²) in [7, 11) is 0. The van der Waals surface area contributed by atoms with Crippen molar-refractivity contribution in [2.75, 3.05) is 0 Å². The maximum atomic E-state index is 5.25. The normalized spacial score (nSPS) is 22.4. The fourth-order valence-corrected chi connectivity index (χ4v) is 2.48. The summed E-state index contributed by atoms with van der Waals surface area (Å²) < 4.78 is 7.22. The lowest BCUT2D eigenvalue weighted by Crippen LogP contribution is -2.37. The fraction of sp³-hybridized carbons (Fsp3) is 0.667. The first-order valence-corrected chi connectivity index (χ1v) is 6.81. The lowest BCUT2D eigenvalue weighted by Gasteiger charge is -2.22. The lowest BCUT2D eigenvalue weighted by atomic mass is 10.1. The van der Waals surface area contributed by atoms with Crippen LogP contribution in [-0.4, -0.2) is 30.9 Å². The molecule has 4 rings (SSSR count). The topological polar surface area (TPSA) is 81.7 Å². The average molecular weight is 260 g/mol. The molecule has 1 N–H and O–H groups in total. The van der Waals surface area contributed by atoms with E-state index in [1.54, 1.807) is 6.33 Å². The van der Waals surface area contributed by atoms with E-state index in [0.29, 0.717) is 24.4 Å². The summed E-state index contributed by atoms with van der Waals surface area (Å²) in [6, 6.07) is 0.394. The molecule has 2 aromatic heterocycles. The largest absolute Gasteiger partial charge is 0.338 e. The van der Waals surface area contributed by atoms with Crippen molar-refractivity contribution in [3.8, 4) is 0 Å². The smallest absolute Gasteiger partial charge is 0.240 e. The third kappa shape index (κ3) is 2.25. The zero-order valence-electron chi connectivity index (χ0n) is 10.6. The van der Waals surface area contributed by atoms with E-state index >= 15 is 0 Å². The molecule has 2 aliphatic rings. The van der Waals surface area contributed by atoms with Gasteiger partial charge in [-0.3, -0.25) is 0 Å². The van der Waals surface area contributed by atoms with Crippen molar-refractivity contribution in [3.63, 3.8) is 0 Å². The summed E-state index contributed by atoms with van der Waals surface area (Å²) in [5.41, 5.74) is 0. The molecule has 0 spiro atoms. The molecule has 0 aromatic carbocycles. The summed E-state index contributed by atoms with van der Waals surface area (Å²) in [4.78, 5) is 8.64. The molecular weight excluding hydrogens is 244 g/mol. The van der Waals surface area contributed by atoms with Gasteiger partial charge in [0.15, 0.2) is 5.82 Å². The zero-order valence-corrected chi connectivity index (χ0v) is 10.6. The summed E-state index contributed by atoms with van der Waals surface area (Å²) in [6.45, 7) is 1.49. The number of hydrogen-bond acceptors (Lipinski definition) is 6. The Morgan fingerprint density at radius 1 is 1.37 bits per heavy atom. The molecule has 7 heteroatoms. The highest BCUT2D eigenvalue weighted by molar-refractivity contribution is 5.03. The van der Waals surface area contributed by atoms with Crippen LogP contribution in [-0.2, 0) is 19.5 Å². The van der Waals surface area contributed by atoms with E-state index < -0.39 is 0 Å². The van der Waals surface area contributed by atoms with Crippen LogP contribution in [0.1, 0.15) is 42.7 Å². The number of aromatic nitrogens is 5. The Balaban J connectivity index is 1.34. The Bertz CT molecular complexity index is 572. The fourth-order valence-electron chi connectivity index (χ4n) is 2.48. The molecule has 0 amide bonds. The minimum absolute atomic E-state index is 0.394. The van der Waals surface area contributed by atoms with Crippen LogP contribution in [0.4, 0.5) is 0 Å². The molecule has 1 atom stereocenters. The molecule has 100 valence electrons. The van der Waals surface area contributed by atoms with Crippen LogP contribution >= 0.6 is 0 Å². The van der Waals surface area contributed by atoms with Gasteiger partial charge in [-0.15, -0.1) is 0 Å². The van der Waals surface area contributed by atoms with Crippen molar-refractivity contribution in [2.24, 2.45) is 0 Å². The van der Waals surface area contributed by atoms with Gasteiger partial charge in [0.2, 0.25) is 5.89 Å². The highest BCUT2D eigenvalue weighted by Crippen LogP contribution is 2.38. The Hall–Kier alpha value is -1.76. The van der Waals surface area contributed by atoms with Crippen molar-refractivity contribution in [3.05, 3.63) is 23.9 Å². The Morgan fingerprint density at radius 2 is 2.32 bits per heavy atom. The molecule has 0 radical (unpaired) electrons. The van der Waals surface area contributed by atoms with E-state index in [1.807, 2.05) is 4.68 Å². The first-order valence-electron chi connectivity index (χ1n) is 6.81. The number of nitrogens with zero attached hydrogens (tertiary/aromatic N) is 5. The van der Waals surface area contributed by atoms with E-state index in [9.17, 15) is 0 Å². The molecule has 7 nitrogen and oxygen atoms in total. The molecule has 0 bridgehead atoms. The van der Waals surface area contributed by atoms with Crippen LogP contribution in [0.25, 0.3) is 0 Å². The van der Waals surface area contributed by atoms with E-state index in [-0.39, 0.29) is 0 Å². The van der Waals surface area contributed by atoms with Crippen molar-refractivity contribution in [2.45, 2.75) is 50.7 Å².